The van der Waals surface area contributed by atoms with Gasteiger partial charge in [0.15, 0.2) is 0 Å². The van der Waals surface area contributed by atoms with Crippen LogP contribution in [0.25, 0.3) is 5.69 Å². The van der Waals surface area contributed by atoms with E-state index in [0.29, 0.717) is 15.6 Å². The molecule has 1 N–H and O–H groups in total. The number of aromatic nitrogens is 1. The predicted octanol–water partition coefficient (Wildman–Crippen LogP) is 7.87. The highest BCUT2D eigenvalue weighted by Crippen LogP contribution is 2.30. The van der Waals surface area contributed by atoms with Gasteiger partial charge in [-0.05, 0) is 87.0 Å². The summed E-state index contributed by atoms with van der Waals surface area (Å²) in [6, 6.07) is 29.6. The van der Waals surface area contributed by atoms with Crippen LogP contribution in [0.1, 0.15) is 38.4 Å². The van der Waals surface area contributed by atoms with E-state index in [0.717, 1.165) is 28.2 Å². The van der Waals surface area contributed by atoms with Crippen molar-refractivity contribution in [2.75, 3.05) is 4.31 Å². The van der Waals surface area contributed by atoms with E-state index in [1.807, 2.05) is 51.1 Å². The largest absolute Gasteiger partial charge is 0.318 e. The first kappa shape index (κ1) is 31.1. The van der Waals surface area contributed by atoms with Crippen LogP contribution in [0, 0.1) is 20.8 Å². The van der Waals surface area contributed by atoms with E-state index in [9.17, 15) is 13.2 Å². The maximum absolute atomic E-state index is 14.0. The third-order valence-electron chi connectivity index (χ3n) is 7.17. The molecule has 5 aromatic rings. The number of carbonyl (C=O) groups is 1. The van der Waals surface area contributed by atoms with E-state index in [2.05, 4.69) is 15.1 Å². The first-order valence-corrected chi connectivity index (χ1v) is 16.0. The van der Waals surface area contributed by atoms with Gasteiger partial charge in [0.05, 0.1) is 28.9 Å². The second-order valence-corrected chi connectivity index (χ2v) is 13.0. The van der Waals surface area contributed by atoms with Crippen molar-refractivity contribution in [3.05, 3.63) is 147 Å². The number of hydrogen-bond donors (Lipinski definition) is 1. The van der Waals surface area contributed by atoms with Crippen molar-refractivity contribution in [2.24, 2.45) is 5.10 Å². The summed E-state index contributed by atoms with van der Waals surface area (Å²) in [4.78, 5) is 13.6. The van der Waals surface area contributed by atoms with E-state index in [1.165, 1.54) is 4.31 Å². The standard InChI is InChI=1S/C34H30Cl2N4O3S/c1-23-11-17-31(18-12-23)44(42,43)39(22-26-13-15-28(35)16-14-26)33-10-5-4-9-32(33)34(41)38-37-21-27-19-24(2)40(25(27)3)30-8-6-7-29(36)20-30/h4-21H,22H2,1-3H3,(H,38,41)/b37-21-. The van der Waals surface area contributed by atoms with Crippen molar-refractivity contribution in [1.82, 2.24) is 9.99 Å². The van der Waals surface area contributed by atoms with E-state index in [1.54, 1.807) is 79.0 Å². The lowest BCUT2D eigenvalue weighted by molar-refractivity contribution is 0.0955. The molecule has 0 aliphatic carbocycles. The van der Waals surface area contributed by atoms with Crippen LogP contribution in [0.2, 0.25) is 10.0 Å². The summed E-state index contributed by atoms with van der Waals surface area (Å²) in [6.07, 6.45) is 1.57. The van der Waals surface area contributed by atoms with Gasteiger partial charge in [0.25, 0.3) is 15.9 Å². The van der Waals surface area contributed by atoms with Crippen molar-refractivity contribution in [1.29, 1.82) is 0 Å². The van der Waals surface area contributed by atoms with Gasteiger partial charge in [-0.15, -0.1) is 0 Å². The Labute approximate surface area is 267 Å². The van der Waals surface area contributed by atoms with Crippen molar-refractivity contribution in [3.8, 4) is 5.69 Å². The molecule has 224 valence electrons. The minimum absolute atomic E-state index is 0.0174. The Morgan fingerprint density at radius 2 is 1.57 bits per heavy atom. The molecule has 0 saturated heterocycles. The number of carbonyl (C=O) groups excluding carboxylic acids is 1. The number of rotatable bonds is 9. The van der Waals surface area contributed by atoms with Crippen LogP contribution in [0.3, 0.4) is 0 Å². The van der Waals surface area contributed by atoms with Crippen LogP contribution >= 0.6 is 23.2 Å². The van der Waals surface area contributed by atoms with Gasteiger partial charge < -0.3 is 4.57 Å². The molecule has 0 atom stereocenters. The number of aryl methyl sites for hydroxylation is 2. The Balaban J connectivity index is 1.46. The number of para-hydroxylation sites is 1. The van der Waals surface area contributed by atoms with Gasteiger partial charge in [0, 0.05) is 32.7 Å². The molecule has 0 bridgehead atoms. The molecule has 0 spiro atoms. The fourth-order valence-electron chi connectivity index (χ4n) is 4.93. The van der Waals surface area contributed by atoms with Crippen molar-refractivity contribution in [2.45, 2.75) is 32.2 Å². The number of hydrogen-bond acceptors (Lipinski definition) is 4. The summed E-state index contributed by atoms with van der Waals surface area (Å²) in [6.45, 7) is 5.80. The molecule has 0 aliphatic rings. The zero-order valence-electron chi connectivity index (χ0n) is 24.3. The van der Waals surface area contributed by atoms with Crippen molar-refractivity contribution in [3.63, 3.8) is 0 Å². The lowest BCUT2D eigenvalue weighted by Gasteiger charge is -2.26. The van der Waals surface area contributed by atoms with Gasteiger partial charge >= 0.3 is 0 Å². The summed E-state index contributed by atoms with van der Waals surface area (Å²) >= 11 is 12.3. The van der Waals surface area contributed by atoms with Gasteiger partial charge in [-0.3, -0.25) is 9.10 Å². The quantitative estimate of drug-likeness (QED) is 0.131. The minimum Gasteiger partial charge on any atom is -0.318 e. The summed E-state index contributed by atoms with van der Waals surface area (Å²) in [7, 11) is -4.07. The summed E-state index contributed by atoms with van der Waals surface area (Å²) in [5, 5.41) is 5.39. The third kappa shape index (κ3) is 6.73. The molecule has 1 aromatic heterocycles. The highest BCUT2D eigenvalue weighted by atomic mass is 35.5. The Hall–Kier alpha value is -4.37. The predicted molar refractivity (Wildman–Crippen MR) is 178 cm³/mol. The van der Waals surface area contributed by atoms with E-state index < -0.39 is 15.9 Å². The van der Waals surface area contributed by atoms with Gasteiger partial charge in [-0.1, -0.05) is 71.2 Å². The first-order chi connectivity index (χ1) is 21.0. The van der Waals surface area contributed by atoms with Gasteiger partial charge in [0.1, 0.15) is 0 Å². The molecule has 44 heavy (non-hydrogen) atoms. The topological polar surface area (TPSA) is 83.8 Å². The number of nitrogens with one attached hydrogen (secondary N) is 1. The number of benzene rings is 4. The van der Waals surface area contributed by atoms with Crippen LogP contribution in [0.5, 0.6) is 0 Å². The maximum atomic E-state index is 14.0. The summed E-state index contributed by atoms with van der Waals surface area (Å²) < 4.78 is 31.3. The molecule has 4 aromatic carbocycles. The highest BCUT2D eigenvalue weighted by Gasteiger charge is 2.28. The number of hydrazone groups is 1. The van der Waals surface area contributed by atoms with Crippen molar-refractivity contribution >= 4 is 51.0 Å². The molecule has 0 saturated carbocycles. The number of halogens is 2. The average Bonchev–Trinajstić information content (AvgIpc) is 3.29. The molecular weight excluding hydrogens is 615 g/mol. The molecule has 0 aliphatic heterocycles. The molecule has 7 nitrogen and oxygen atoms in total. The molecule has 0 unspecified atom stereocenters. The first-order valence-electron chi connectivity index (χ1n) is 13.8. The molecule has 10 heteroatoms. The number of sulfonamides is 1. The fourth-order valence-corrected chi connectivity index (χ4v) is 6.71. The summed E-state index contributed by atoms with van der Waals surface area (Å²) in [5.74, 6) is -0.555. The Kier molecular flexibility index (Phi) is 9.25. The van der Waals surface area contributed by atoms with E-state index in [4.69, 9.17) is 23.2 Å². The Bertz CT molecular complexity index is 1950. The maximum Gasteiger partial charge on any atom is 0.273 e. The molecular formula is C34H30Cl2N4O3S. The zero-order valence-corrected chi connectivity index (χ0v) is 26.7. The fraction of sp³-hybridized carbons (Fsp3) is 0.118. The van der Waals surface area contributed by atoms with Crippen LogP contribution in [-0.2, 0) is 16.6 Å². The monoisotopic (exact) mass is 644 g/mol. The third-order valence-corrected chi connectivity index (χ3v) is 9.43. The van der Waals surface area contributed by atoms with Crippen LogP contribution in [0.4, 0.5) is 5.69 Å². The highest BCUT2D eigenvalue weighted by molar-refractivity contribution is 7.92. The second kappa shape index (κ2) is 13.1. The van der Waals surface area contributed by atoms with E-state index in [-0.39, 0.29) is 22.7 Å². The molecule has 1 amide bonds. The lowest BCUT2D eigenvalue weighted by Crippen LogP contribution is -2.33. The van der Waals surface area contributed by atoms with Crippen LogP contribution < -0.4 is 9.73 Å². The molecule has 0 radical (unpaired) electrons. The Morgan fingerprint density at radius 1 is 0.864 bits per heavy atom. The average molecular weight is 646 g/mol. The summed E-state index contributed by atoms with van der Waals surface area (Å²) in [5.41, 5.74) is 8.20. The number of anilines is 1. The normalized spacial score (nSPS) is 11.6. The number of amides is 1. The molecule has 5 rings (SSSR count). The lowest BCUT2D eigenvalue weighted by atomic mass is 10.1. The van der Waals surface area contributed by atoms with Crippen LogP contribution in [-0.4, -0.2) is 25.1 Å². The van der Waals surface area contributed by atoms with E-state index >= 15 is 0 Å². The van der Waals surface area contributed by atoms with Crippen LogP contribution in [0.15, 0.2) is 113 Å². The van der Waals surface area contributed by atoms with Gasteiger partial charge in [0.2, 0.25) is 0 Å². The van der Waals surface area contributed by atoms with Gasteiger partial charge in [-0.2, -0.15) is 5.10 Å². The Morgan fingerprint density at radius 3 is 2.27 bits per heavy atom. The second-order valence-electron chi connectivity index (χ2n) is 10.3. The zero-order chi connectivity index (χ0) is 31.4. The molecule has 1 heterocycles. The SMILES string of the molecule is Cc1ccc(S(=O)(=O)N(Cc2ccc(Cl)cc2)c2ccccc2C(=O)N/N=C\c2cc(C)n(-c3cccc(Cl)c3)c2C)cc1. The van der Waals surface area contributed by atoms with Gasteiger partial charge in [-0.25, -0.2) is 13.8 Å². The van der Waals surface area contributed by atoms with Crippen molar-refractivity contribution < 1.29 is 13.2 Å². The minimum atomic E-state index is -4.07. The smallest absolute Gasteiger partial charge is 0.273 e. The number of nitrogens with zero attached hydrogens (tertiary/aromatic N) is 3. The molecule has 0 fully saturated rings.